The van der Waals surface area contributed by atoms with Crippen molar-refractivity contribution in [3.8, 4) is 5.75 Å². The molecule has 2 aromatic rings. The number of aromatic nitrogens is 2. The Hall–Kier alpha value is -2.35. The van der Waals surface area contributed by atoms with Crippen molar-refractivity contribution in [3.63, 3.8) is 0 Å². The second-order valence-corrected chi connectivity index (χ2v) is 7.22. The normalized spacial score (nSPS) is 20.1. The molecule has 0 unspecified atom stereocenters. The van der Waals surface area contributed by atoms with E-state index in [9.17, 15) is 13.2 Å². The van der Waals surface area contributed by atoms with Gasteiger partial charge in [-0.15, -0.1) is 0 Å². The van der Waals surface area contributed by atoms with Gasteiger partial charge in [0.1, 0.15) is 10.6 Å². The van der Waals surface area contributed by atoms with E-state index in [2.05, 4.69) is 9.82 Å². The number of ether oxygens (including phenoxy) is 1. The maximum atomic E-state index is 12.2. The van der Waals surface area contributed by atoms with Crippen LogP contribution in [-0.4, -0.2) is 31.2 Å². The molecule has 0 spiro atoms. The monoisotopic (exact) mass is 335 g/mol. The van der Waals surface area contributed by atoms with Gasteiger partial charge in [0.15, 0.2) is 0 Å². The number of benzene rings is 1. The number of sulfonamides is 1. The standard InChI is InChI=1S/C15H17N3O4S/c1-18-9-12(8-16-18)23(20,21)17-15(19)14-7-13(14)10-3-5-11(22-2)6-4-10/h3-6,8-9,13-14H,7H2,1-2H3,(H,17,19)/t13-,14+/m1/s1. The van der Waals surface area contributed by atoms with Gasteiger partial charge in [0.25, 0.3) is 10.0 Å². The Kier molecular flexibility index (Phi) is 3.85. The summed E-state index contributed by atoms with van der Waals surface area (Å²) < 4.78 is 32.8. The third-order valence-corrected chi connectivity index (χ3v) is 5.20. The van der Waals surface area contributed by atoms with Gasteiger partial charge in [-0.25, -0.2) is 13.1 Å². The Bertz CT molecular complexity index is 827. The van der Waals surface area contributed by atoms with Gasteiger partial charge in [0, 0.05) is 19.2 Å². The van der Waals surface area contributed by atoms with Crippen molar-refractivity contribution < 1.29 is 17.9 Å². The van der Waals surface area contributed by atoms with Crippen LogP contribution in [0.5, 0.6) is 5.75 Å². The Morgan fingerprint density at radius 3 is 2.61 bits per heavy atom. The number of nitrogens with zero attached hydrogens (tertiary/aromatic N) is 2. The Morgan fingerprint density at radius 2 is 2.04 bits per heavy atom. The van der Waals surface area contributed by atoms with Gasteiger partial charge in [-0.3, -0.25) is 9.48 Å². The molecule has 1 aliphatic rings. The first kappa shape index (κ1) is 15.5. The summed E-state index contributed by atoms with van der Waals surface area (Å²) in [5.74, 6) is -0.0101. The largest absolute Gasteiger partial charge is 0.497 e. The van der Waals surface area contributed by atoms with E-state index in [-0.39, 0.29) is 16.7 Å². The molecule has 1 aliphatic carbocycles. The van der Waals surface area contributed by atoms with Crippen molar-refractivity contribution in [2.75, 3.05) is 7.11 Å². The minimum absolute atomic E-state index is 0.0185. The molecule has 0 saturated heterocycles. The van der Waals surface area contributed by atoms with Gasteiger partial charge >= 0.3 is 0 Å². The highest BCUT2D eigenvalue weighted by molar-refractivity contribution is 7.90. The fourth-order valence-electron chi connectivity index (χ4n) is 2.51. The molecular formula is C15H17N3O4S. The lowest BCUT2D eigenvalue weighted by molar-refractivity contribution is -0.120. The molecular weight excluding hydrogens is 318 g/mol. The first-order valence-corrected chi connectivity index (χ1v) is 8.58. The second kappa shape index (κ2) is 5.69. The zero-order valence-electron chi connectivity index (χ0n) is 12.8. The summed E-state index contributed by atoms with van der Waals surface area (Å²) >= 11 is 0. The maximum absolute atomic E-state index is 12.2. The first-order valence-electron chi connectivity index (χ1n) is 7.10. The van der Waals surface area contributed by atoms with E-state index < -0.39 is 15.9 Å². The van der Waals surface area contributed by atoms with Crippen molar-refractivity contribution in [1.29, 1.82) is 0 Å². The Labute approximate surface area is 134 Å². The second-order valence-electron chi connectivity index (χ2n) is 5.54. The third kappa shape index (κ3) is 3.21. The summed E-state index contributed by atoms with van der Waals surface area (Å²) in [6.07, 6.45) is 3.20. The smallest absolute Gasteiger partial charge is 0.267 e. The van der Waals surface area contributed by atoms with Crippen molar-refractivity contribution in [1.82, 2.24) is 14.5 Å². The quantitative estimate of drug-likeness (QED) is 0.881. The summed E-state index contributed by atoms with van der Waals surface area (Å²) in [6, 6.07) is 7.45. The molecule has 1 aromatic carbocycles. The van der Waals surface area contributed by atoms with Gasteiger partial charge in [0.05, 0.1) is 13.3 Å². The highest BCUT2D eigenvalue weighted by Crippen LogP contribution is 2.47. The number of hydrogen-bond donors (Lipinski definition) is 1. The summed E-state index contributed by atoms with van der Waals surface area (Å²) in [4.78, 5) is 12.1. The van der Waals surface area contributed by atoms with Crippen LogP contribution in [-0.2, 0) is 21.9 Å². The highest BCUT2D eigenvalue weighted by Gasteiger charge is 2.45. The lowest BCUT2D eigenvalue weighted by Crippen LogP contribution is -2.31. The lowest BCUT2D eigenvalue weighted by atomic mass is 10.1. The van der Waals surface area contributed by atoms with E-state index in [0.717, 1.165) is 11.3 Å². The van der Waals surface area contributed by atoms with Gasteiger partial charge in [0.2, 0.25) is 5.91 Å². The van der Waals surface area contributed by atoms with Crippen LogP contribution >= 0.6 is 0 Å². The average molecular weight is 335 g/mol. The number of nitrogens with one attached hydrogen (secondary N) is 1. The summed E-state index contributed by atoms with van der Waals surface area (Å²) in [5, 5.41) is 3.80. The van der Waals surface area contributed by atoms with Crippen LogP contribution in [0.1, 0.15) is 17.9 Å². The zero-order valence-corrected chi connectivity index (χ0v) is 13.6. The van der Waals surface area contributed by atoms with E-state index in [1.165, 1.54) is 17.1 Å². The van der Waals surface area contributed by atoms with E-state index >= 15 is 0 Å². The molecule has 1 amide bonds. The topological polar surface area (TPSA) is 90.3 Å². The van der Waals surface area contributed by atoms with Crippen molar-refractivity contribution >= 4 is 15.9 Å². The number of aryl methyl sites for hydroxylation is 1. The average Bonchev–Trinajstić information content (AvgIpc) is 3.21. The molecule has 0 aliphatic heterocycles. The molecule has 2 atom stereocenters. The predicted octanol–water partition coefficient (Wildman–Crippen LogP) is 1.04. The minimum atomic E-state index is -3.86. The Balaban J connectivity index is 1.66. The first-order chi connectivity index (χ1) is 10.9. The number of methoxy groups -OCH3 is 1. The summed E-state index contributed by atoms with van der Waals surface area (Å²) in [6.45, 7) is 0. The minimum Gasteiger partial charge on any atom is -0.497 e. The van der Waals surface area contributed by atoms with Gasteiger partial charge in [-0.1, -0.05) is 12.1 Å². The lowest BCUT2D eigenvalue weighted by Gasteiger charge is -2.05. The number of carbonyl (C=O) groups excluding carboxylic acids is 1. The van der Waals surface area contributed by atoms with Crippen LogP contribution in [0, 0.1) is 5.92 Å². The van der Waals surface area contributed by atoms with Crippen LogP contribution in [0.15, 0.2) is 41.6 Å². The highest BCUT2D eigenvalue weighted by atomic mass is 32.2. The fourth-order valence-corrected chi connectivity index (χ4v) is 3.52. The van der Waals surface area contributed by atoms with Crippen LogP contribution in [0.25, 0.3) is 0 Å². The molecule has 3 rings (SSSR count). The molecule has 1 fully saturated rings. The van der Waals surface area contributed by atoms with Crippen molar-refractivity contribution in [2.45, 2.75) is 17.2 Å². The van der Waals surface area contributed by atoms with Crippen LogP contribution in [0.2, 0.25) is 0 Å². The molecule has 0 radical (unpaired) electrons. The molecule has 1 saturated carbocycles. The number of amides is 1. The van der Waals surface area contributed by atoms with Gasteiger partial charge in [-0.2, -0.15) is 5.10 Å². The number of rotatable bonds is 5. The fraction of sp³-hybridized carbons (Fsp3) is 0.333. The molecule has 8 heteroatoms. The maximum Gasteiger partial charge on any atom is 0.267 e. The van der Waals surface area contributed by atoms with Crippen LogP contribution in [0.4, 0.5) is 0 Å². The van der Waals surface area contributed by atoms with Crippen LogP contribution in [0.3, 0.4) is 0 Å². The van der Waals surface area contributed by atoms with E-state index in [0.29, 0.717) is 6.42 Å². The molecule has 0 bridgehead atoms. The SMILES string of the molecule is COc1ccc([C@H]2C[C@@H]2C(=O)NS(=O)(=O)c2cnn(C)c2)cc1. The van der Waals surface area contributed by atoms with E-state index in [1.807, 2.05) is 24.3 Å². The molecule has 1 heterocycles. The number of carbonyl (C=O) groups is 1. The molecule has 122 valence electrons. The predicted molar refractivity (Wildman–Crippen MR) is 82.4 cm³/mol. The summed E-state index contributed by atoms with van der Waals surface area (Å²) in [5.41, 5.74) is 1.00. The molecule has 7 nitrogen and oxygen atoms in total. The Morgan fingerprint density at radius 1 is 1.35 bits per heavy atom. The molecule has 1 N–H and O–H groups in total. The zero-order chi connectivity index (χ0) is 16.6. The van der Waals surface area contributed by atoms with Crippen LogP contribution < -0.4 is 9.46 Å². The molecule has 23 heavy (non-hydrogen) atoms. The summed E-state index contributed by atoms with van der Waals surface area (Å²) in [7, 11) is -0.661. The molecule has 1 aromatic heterocycles. The van der Waals surface area contributed by atoms with E-state index in [4.69, 9.17) is 4.74 Å². The van der Waals surface area contributed by atoms with Gasteiger partial charge in [-0.05, 0) is 30.0 Å². The third-order valence-electron chi connectivity index (χ3n) is 3.90. The van der Waals surface area contributed by atoms with Crippen molar-refractivity contribution in [3.05, 3.63) is 42.2 Å². The van der Waals surface area contributed by atoms with Crippen molar-refractivity contribution in [2.24, 2.45) is 13.0 Å². The van der Waals surface area contributed by atoms with E-state index in [1.54, 1.807) is 14.2 Å². The number of hydrogen-bond acceptors (Lipinski definition) is 5. The van der Waals surface area contributed by atoms with Gasteiger partial charge < -0.3 is 4.74 Å².